The summed E-state index contributed by atoms with van der Waals surface area (Å²) in [6, 6.07) is 0.426. The van der Waals surface area contributed by atoms with E-state index in [9.17, 15) is 9.59 Å². The highest BCUT2D eigenvalue weighted by Crippen LogP contribution is 2.30. The maximum absolute atomic E-state index is 12.9. The molecule has 0 aromatic heterocycles. The van der Waals surface area contributed by atoms with Crippen molar-refractivity contribution in [3.8, 4) is 0 Å². The van der Waals surface area contributed by atoms with Crippen molar-refractivity contribution in [3.05, 3.63) is 0 Å². The van der Waals surface area contributed by atoms with Crippen LogP contribution in [-0.4, -0.2) is 58.9 Å². The van der Waals surface area contributed by atoms with Crippen molar-refractivity contribution in [3.63, 3.8) is 0 Å². The van der Waals surface area contributed by atoms with E-state index in [2.05, 4.69) is 24.2 Å². The molecule has 1 saturated carbocycles. The number of aliphatic imine (C=N–C) groups is 1. The van der Waals surface area contributed by atoms with E-state index in [4.69, 9.17) is 5.73 Å². The largest absolute Gasteiger partial charge is 0.369 e. The quantitative estimate of drug-likeness (QED) is 0.770. The average molecular weight is 378 g/mol. The smallest absolute Gasteiger partial charge is 0.317 e. The molecule has 1 unspecified atom stereocenters. The van der Waals surface area contributed by atoms with Crippen molar-refractivity contribution in [1.29, 1.82) is 0 Å². The Balaban J connectivity index is 1.48. The monoisotopic (exact) mass is 377 g/mol. The van der Waals surface area contributed by atoms with Crippen LogP contribution in [0.5, 0.6) is 0 Å². The van der Waals surface area contributed by atoms with Gasteiger partial charge in [-0.2, -0.15) is 0 Å². The van der Waals surface area contributed by atoms with E-state index in [0.29, 0.717) is 36.8 Å². The summed E-state index contributed by atoms with van der Waals surface area (Å²) in [6.45, 7) is 8.17. The molecule has 2 aliphatic heterocycles. The van der Waals surface area contributed by atoms with Crippen molar-refractivity contribution >= 4 is 17.9 Å². The van der Waals surface area contributed by atoms with Gasteiger partial charge in [-0.3, -0.25) is 9.69 Å². The highest BCUT2D eigenvalue weighted by molar-refractivity contribution is 6.06. The molecule has 3 rings (SSSR count). The Bertz CT molecular complexity index is 591. The molecule has 0 bridgehead atoms. The van der Waals surface area contributed by atoms with Gasteiger partial charge in [0.05, 0.1) is 0 Å². The van der Waals surface area contributed by atoms with E-state index < -0.39 is 5.54 Å². The molecule has 1 atom stereocenters. The number of carbonyl (C=O) groups excluding carboxylic acids is 2. The predicted molar refractivity (Wildman–Crippen MR) is 106 cm³/mol. The molecule has 7 heteroatoms. The maximum atomic E-state index is 12.9. The van der Waals surface area contributed by atoms with Gasteiger partial charge in [-0.05, 0) is 50.9 Å². The van der Waals surface area contributed by atoms with Crippen LogP contribution in [0.15, 0.2) is 4.99 Å². The molecule has 3 N–H and O–H groups in total. The topological polar surface area (TPSA) is 91.0 Å². The summed E-state index contributed by atoms with van der Waals surface area (Å²) in [5.74, 6) is 1.12. The molecule has 1 saturated heterocycles. The third kappa shape index (κ3) is 4.55. The lowest BCUT2D eigenvalue weighted by Crippen LogP contribution is -2.50. The van der Waals surface area contributed by atoms with Crippen LogP contribution in [0.2, 0.25) is 0 Å². The minimum Gasteiger partial charge on any atom is -0.369 e. The summed E-state index contributed by atoms with van der Waals surface area (Å²) in [5, 5.41) is 3.16. The number of rotatable bonds is 5. The standard InChI is InChI=1S/C20H35N5O2/c1-14(2)12-20(3)17(26)25(18(21)23-20)13-15-8-10-24(11-9-15)19(27)22-16-6-4-5-7-16/h14-16H,4-13H2,1-3H3,(H2,21,23)(H,22,27). The number of piperidine rings is 1. The van der Waals surface area contributed by atoms with Crippen LogP contribution in [0.25, 0.3) is 0 Å². The van der Waals surface area contributed by atoms with Crippen LogP contribution in [-0.2, 0) is 4.79 Å². The second kappa shape index (κ2) is 8.07. The first kappa shape index (κ1) is 20.0. The van der Waals surface area contributed by atoms with E-state index in [1.807, 2.05) is 11.8 Å². The Hall–Kier alpha value is -1.79. The van der Waals surface area contributed by atoms with Gasteiger partial charge < -0.3 is 16.0 Å². The number of likely N-dealkylation sites (tertiary alicyclic amines) is 1. The highest BCUT2D eigenvalue weighted by Gasteiger charge is 2.44. The Morgan fingerprint density at radius 1 is 1.26 bits per heavy atom. The molecule has 0 radical (unpaired) electrons. The summed E-state index contributed by atoms with van der Waals surface area (Å²) in [4.78, 5) is 33.3. The zero-order chi connectivity index (χ0) is 19.6. The van der Waals surface area contributed by atoms with Gasteiger partial charge in [0.2, 0.25) is 0 Å². The molecule has 0 aromatic carbocycles. The normalized spacial score (nSPS) is 27.6. The molecular formula is C20H35N5O2. The number of hydrogen-bond donors (Lipinski definition) is 2. The molecule has 2 heterocycles. The highest BCUT2D eigenvalue weighted by atomic mass is 16.2. The van der Waals surface area contributed by atoms with Crippen molar-refractivity contribution in [2.45, 2.75) is 77.3 Å². The van der Waals surface area contributed by atoms with Crippen LogP contribution in [0.1, 0.15) is 65.7 Å². The Kier molecular flexibility index (Phi) is 5.96. The van der Waals surface area contributed by atoms with Crippen LogP contribution in [0.4, 0.5) is 4.79 Å². The molecule has 1 aliphatic carbocycles. The fourth-order valence-electron chi connectivity index (χ4n) is 4.77. The first-order chi connectivity index (χ1) is 12.8. The first-order valence-corrected chi connectivity index (χ1v) is 10.5. The second-order valence-electron chi connectivity index (χ2n) is 9.12. The van der Waals surface area contributed by atoms with Gasteiger partial charge in [-0.15, -0.1) is 0 Å². The van der Waals surface area contributed by atoms with Gasteiger partial charge in [-0.25, -0.2) is 9.79 Å². The lowest BCUT2D eigenvalue weighted by atomic mass is 9.90. The summed E-state index contributed by atoms with van der Waals surface area (Å²) >= 11 is 0. The number of amides is 3. The SMILES string of the molecule is CC(C)CC1(C)N=C(N)N(CC2CCN(C(=O)NC3CCCC3)CC2)C1=O. The van der Waals surface area contributed by atoms with Crippen LogP contribution < -0.4 is 11.1 Å². The van der Waals surface area contributed by atoms with Gasteiger partial charge >= 0.3 is 6.03 Å². The molecule has 27 heavy (non-hydrogen) atoms. The molecule has 2 fully saturated rings. The fraction of sp³-hybridized carbons (Fsp3) is 0.850. The number of guanidine groups is 1. The van der Waals surface area contributed by atoms with Crippen molar-refractivity contribution in [1.82, 2.24) is 15.1 Å². The van der Waals surface area contributed by atoms with Gasteiger partial charge in [0.1, 0.15) is 5.54 Å². The minimum atomic E-state index is -0.722. The van der Waals surface area contributed by atoms with Crippen LogP contribution >= 0.6 is 0 Å². The fourth-order valence-corrected chi connectivity index (χ4v) is 4.77. The van der Waals surface area contributed by atoms with E-state index in [1.54, 1.807) is 4.90 Å². The zero-order valence-electron chi connectivity index (χ0n) is 17.0. The van der Waals surface area contributed by atoms with Gasteiger partial charge in [0, 0.05) is 25.7 Å². The Labute approximate surface area is 162 Å². The number of urea groups is 1. The Morgan fingerprint density at radius 3 is 2.48 bits per heavy atom. The summed E-state index contributed by atoms with van der Waals surface area (Å²) in [5.41, 5.74) is 5.36. The van der Waals surface area contributed by atoms with Gasteiger partial charge in [-0.1, -0.05) is 26.7 Å². The molecule has 3 aliphatic rings. The van der Waals surface area contributed by atoms with Crippen molar-refractivity contribution in [2.75, 3.05) is 19.6 Å². The lowest BCUT2D eigenvalue weighted by molar-refractivity contribution is -0.131. The zero-order valence-corrected chi connectivity index (χ0v) is 17.0. The van der Waals surface area contributed by atoms with E-state index in [0.717, 1.165) is 38.8 Å². The summed E-state index contributed by atoms with van der Waals surface area (Å²) < 4.78 is 0. The molecular weight excluding hydrogens is 342 g/mol. The van der Waals surface area contributed by atoms with Crippen LogP contribution in [0.3, 0.4) is 0 Å². The number of nitrogens with two attached hydrogens (primary N) is 1. The third-order valence-corrected chi connectivity index (χ3v) is 6.17. The summed E-state index contributed by atoms with van der Waals surface area (Å²) in [7, 11) is 0. The lowest BCUT2D eigenvalue weighted by Gasteiger charge is -2.34. The first-order valence-electron chi connectivity index (χ1n) is 10.5. The molecule has 0 aromatic rings. The Morgan fingerprint density at radius 2 is 1.89 bits per heavy atom. The number of carbonyl (C=O) groups is 2. The van der Waals surface area contributed by atoms with Crippen molar-refractivity contribution < 1.29 is 9.59 Å². The molecule has 7 nitrogen and oxygen atoms in total. The van der Waals surface area contributed by atoms with Crippen LogP contribution in [0, 0.1) is 11.8 Å². The number of nitrogens with one attached hydrogen (secondary N) is 1. The minimum absolute atomic E-state index is 0.0232. The van der Waals surface area contributed by atoms with E-state index in [1.165, 1.54) is 12.8 Å². The van der Waals surface area contributed by atoms with E-state index in [-0.39, 0.29) is 11.9 Å². The second-order valence-corrected chi connectivity index (χ2v) is 9.12. The predicted octanol–water partition coefficient (Wildman–Crippen LogP) is 2.31. The molecule has 0 spiro atoms. The van der Waals surface area contributed by atoms with Gasteiger partial charge in [0.25, 0.3) is 5.91 Å². The average Bonchev–Trinajstić information content (AvgIpc) is 3.17. The molecule has 3 amide bonds. The third-order valence-electron chi connectivity index (χ3n) is 6.17. The summed E-state index contributed by atoms with van der Waals surface area (Å²) in [6.07, 6.45) is 7.15. The molecule has 152 valence electrons. The van der Waals surface area contributed by atoms with Crippen molar-refractivity contribution in [2.24, 2.45) is 22.6 Å². The maximum Gasteiger partial charge on any atom is 0.317 e. The van der Waals surface area contributed by atoms with Gasteiger partial charge in [0.15, 0.2) is 5.96 Å². The van der Waals surface area contributed by atoms with E-state index >= 15 is 0 Å². The number of nitrogens with zero attached hydrogens (tertiary/aromatic N) is 3. The number of hydrogen-bond acceptors (Lipinski definition) is 4.